The van der Waals surface area contributed by atoms with Crippen LogP contribution in [0, 0.1) is 6.92 Å². The minimum Gasteiger partial charge on any atom is -0.487 e. The summed E-state index contributed by atoms with van der Waals surface area (Å²) >= 11 is 1.42. The molecule has 7 nitrogen and oxygen atoms in total. The van der Waals surface area contributed by atoms with Gasteiger partial charge in [0.2, 0.25) is 4.96 Å². The zero-order valence-electron chi connectivity index (χ0n) is 17.3. The number of fused-ring (bicyclic) bond motifs is 1. The predicted octanol–water partition coefficient (Wildman–Crippen LogP) is 4.24. The molecule has 2 aromatic heterocycles. The van der Waals surface area contributed by atoms with Crippen LogP contribution in [-0.2, 0) is 13.0 Å². The second-order valence-electron chi connectivity index (χ2n) is 7.16. The summed E-state index contributed by atoms with van der Waals surface area (Å²) in [6.07, 6.45) is 1.78. The van der Waals surface area contributed by atoms with Crippen molar-refractivity contribution in [2.24, 2.45) is 0 Å². The van der Waals surface area contributed by atoms with Crippen molar-refractivity contribution < 1.29 is 9.53 Å². The van der Waals surface area contributed by atoms with Crippen molar-refractivity contribution in [2.45, 2.75) is 33.3 Å². The van der Waals surface area contributed by atoms with Crippen molar-refractivity contribution in [3.63, 3.8) is 0 Å². The molecule has 0 spiro atoms. The predicted molar refractivity (Wildman–Crippen MR) is 121 cm³/mol. The maximum absolute atomic E-state index is 12.4. The van der Waals surface area contributed by atoms with Gasteiger partial charge in [-0.15, -0.1) is 0 Å². The minimum atomic E-state index is -0.221. The first-order chi connectivity index (χ1) is 15.0. The summed E-state index contributed by atoms with van der Waals surface area (Å²) in [6.45, 7) is 4.18. The number of rotatable bonds is 7. The van der Waals surface area contributed by atoms with Crippen molar-refractivity contribution in [3.8, 4) is 5.75 Å². The Balaban J connectivity index is 1.45. The highest BCUT2D eigenvalue weighted by molar-refractivity contribution is 7.16. The Hall–Kier alpha value is -3.52. The summed E-state index contributed by atoms with van der Waals surface area (Å²) in [7, 11) is 0. The van der Waals surface area contributed by atoms with E-state index in [-0.39, 0.29) is 18.1 Å². The molecule has 0 aliphatic rings. The molecule has 0 unspecified atom stereocenters. The van der Waals surface area contributed by atoms with Gasteiger partial charge in [0.1, 0.15) is 17.4 Å². The second kappa shape index (κ2) is 9.09. The first-order valence-corrected chi connectivity index (χ1v) is 10.8. The van der Waals surface area contributed by atoms with E-state index in [4.69, 9.17) is 4.74 Å². The van der Waals surface area contributed by atoms with E-state index in [1.165, 1.54) is 21.9 Å². The fourth-order valence-corrected chi connectivity index (χ4v) is 4.03. The van der Waals surface area contributed by atoms with E-state index >= 15 is 0 Å². The molecule has 0 saturated heterocycles. The van der Waals surface area contributed by atoms with E-state index < -0.39 is 0 Å². The Morgan fingerprint density at radius 1 is 1.16 bits per heavy atom. The van der Waals surface area contributed by atoms with Gasteiger partial charge in [-0.1, -0.05) is 42.0 Å². The molecule has 1 amide bonds. The van der Waals surface area contributed by atoms with E-state index in [1.807, 2.05) is 19.1 Å². The Morgan fingerprint density at radius 2 is 1.97 bits per heavy atom. The number of hydrogen-bond acceptors (Lipinski definition) is 6. The van der Waals surface area contributed by atoms with E-state index in [0.29, 0.717) is 27.7 Å². The Morgan fingerprint density at radius 3 is 2.74 bits per heavy atom. The van der Waals surface area contributed by atoms with Crippen LogP contribution in [0.15, 0.2) is 59.4 Å². The molecular formula is C23H22N4O3S. The molecule has 0 atom stereocenters. The number of carbonyl (C=O) groups excluding carboxylic acids is 1. The molecule has 4 rings (SSSR count). The highest BCUT2D eigenvalue weighted by Crippen LogP contribution is 2.20. The number of nitrogens with zero attached hydrogens (tertiary/aromatic N) is 3. The number of aryl methyl sites for hydroxylation is 2. The van der Waals surface area contributed by atoms with Crippen LogP contribution in [0.4, 0.5) is 5.69 Å². The Kier molecular flexibility index (Phi) is 6.08. The lowest BCUT2D eigenvalue weighted by Crippen LogP contribution is -2.16. The van der Waals surface area contributed by atoms with Gasteiger partial charge in [0.25, 0.3) is 11.5 Å². The van der Waals surface area contributed by atoms with Gasteiger partial charge >= 0.3 is 0 Å². The van der Waals surface area contributed by atoms with E-state index in [9.17, 15) is 9.59 Å². The second-order valence-corrected chi connectivity index (χ2v) is 8.20. The van der Waals surface area contributed by atoms with E-state index in [0.717, 1.165) is 23.4 Å². The Bertz CT molecular complexity index is 1280. The lowest BCUT2D eigenvalue weighted by molar-refractivity contribution is 0.102. The van der Waals surface area contributed by atoms with Crippen molar-refractivity contribution in [1.82, 2.24) is 14.6 Å². The molecule has 8 heteroatoms. The number of amides is 1. The third-order valence-electron chi connectivity index (χ3n) is 4.60. The average molecular weight is 435 g/mol. The highest BCUT2D eigenvalue weighted by atomic mass is 32.1. The van der Waals surface area contributed by atoms with Crippen LogP contribution in [0.1, 0.15) is 40.0 Å². The van der Waals surface area contributed by atoms with Crippen LogP contribution in [0.25, 0.3) is 4.96 Å². The normalized spacial score (nSPS) is 10.9. The zero-order chi connectivity index (χ0) is 21.8. The van der Waals surface area contributed by atoms with Crippen LogP contribution in [0.3, 0.4) is 0 Å². The van der Waals surface area contributed by atoms with Crippen LogP contribution in [0.5, 0.6) is 5.75 Å². The first-order valence-electron chi connectivity index (χ1n) is 10.0. The van der Waals surface area contributed by atoms with Gasteiger partial charge in [-0.3, -0.25) is 9.59 Å². The molecule has 0 fully saturated rings. The van der Waals surface area contributed by atoms with Crippen molar-refractivity contribution in [1.29, 1.82) is 0 Å². The summed E-state index contributed by atoms with van der Waals surface area (Å²) < 4.78 is 7.15. The summed E-state index contributed by atoms with van der Waals surface area (Å²) in [5, 5.41) is 8.07. The number of benzene rings is 2. The lowest BCUT2D eigenvalue weighted by Gasteiger charge is -2.09. The summed E-state index contributed by atoms with van der Waals surface area (Å²) in [6, 6.07) is 15.9. The monoisotopic (exact) mass is 434 g/mol. The fourth-order valence-electron chi connectivity index (χ4n) is 3.01. The van der Waals surface area contributed by atoms with Crippen LogP contribution in [0.2, 0.25) is 0 Å². The maximum atomic E-state index is 12.4. The van der Waals surface area contributed by atoms with Crippen LogP contribution >= 0.6 is 11.3 Å². The van der Waals surface area contributed by atoms with Gasteiger partial charge in [0, 0.05) is 29.8 Å². The summed E-state index contributed by atoms with van der Waals surface area (Å²) in [4.78, 5) is 29.8. The molecule has 2 aromatic carbocycles. The lowest BCUT2D eigenvalue weighted by atomic mass is 10.1. The molecule has 0 saturated carbocycles. The number of nitrogens with one attached hydrogen (secondary N) is 1. The number of anilines is 1. The highest BCUT2D eigenvalue weighted by Gasteiger charge is 2.10. The number of hydrogen-bond donors (Lipinski definition) is 1. The third kappa shape index (κ3) is 4.97. The topological polar surface area (TPSA) is 85.6 Å². The maximum Gasteiger partial charge on any atom is 0.275 e. The van der Waals surface area contributed by atoms with E-state index in [2.05, 4.69) is 22.3 Å². The standard InChI is InChI=1S/C23H22N4O3S/c1-3-5-20-26-27-21(28)13-18(25-23(27)31-20)14-30-19-7-4-6-17(12-19)24-22(29)16-10-8-15(2)9-11-16/h4,6-13H,3,5,14H2,1-2H3,(H,24,29). The van der Waals surface area contributed by atoms with Gasteiger partial charge in [-0.2, -0.15) is 9.61 Å². The van der Waals surface area contributed by atoms with Crippen LogP contribution in [-0.4, -0.2) is 20.5 Å². The van der Waals surface area contributed by atoms with Crippen LogP contribution < -0.4 is 15.6 Å². The number of carbonyl (C=O) groups is 1. The smallest absolute Gasteiger partial charge is 0.275 e. The largest absolute Gasteiger partial charge is 0.487 e. The van der Waals surface area contributed by atoms with Gasteiger partial charge < -0.3 is 10.1 Å². The summed E-state index contributed by atoms with van der Waals surface area (Å²) in [5.41, 5.74) is 2.62. The fraction of sp³-hybridized carbons (Fsp3) is 0.217. The van der Waals surface area contributed by atoms with Gasteiger partial charge in [-0.25, -0.2) is 4.98 Å². The molecule has 1 N–H and O–H groups in total. The molecule has 2 heterocycles. The molecule has 158 valence electrons. The van der Waals surface area contributed by atoms with Gasteiger partial charge in [0.15, 0.2) is 0 Å². The first kappa shape index (κ1) is 20.7. The van der Waals surface area contributed by atoms with Crippen molar-refractivity contribution in [2.75, 3.05) is 5.32 Å². The molecule has 0 aliphatic heterocycles. The quantitative estimate of drug-likeness (QED) is 0.470. The van der Waals surface area contributed by atoms with Gasteiger partial charge in [0.05, 0.1) is 5.69 Å². The zero-order valence-corrected chi connectivity index (χ0v) is 18.1. The van der Waals surface area contributed by atoms with Crippen molar-refractivity contribution >= 4 is 27.9 Å². The van der Waals surface area contributed by atoms with E-state index in [1.54, 1.807) is 36.4 Å². The molecular weight excluding hydrogens is 412 g/mol. The summed E-state index contributed by atoms with van der Waals surface area (Å²) in [5.74, 6) is 0.380. The van der Waals surface area contributed by atoms with Crippen molar-refractivity contribution in [3.05, 3.63) is 86.8 Å². The average Bonchev–Trinajstić information content (AvgIpc) is 3.16. The molecule has 31 heavy (non-hydrogen) atoms. The molecule has 4 aromatic rings. The number of ether oxygens (including phenoxy) is 1. The number of aromatic nitrogens is 3. The minimum absolute atomic E-state index is 0.141. The third-order valence-corrected chi connectivity index (χ3v) is 5.56. The van der Waals surface area contributed by atoms with Gasteiger partial charge in [-0.05, 0) is 37.6 Å². The molecule has 0 radical (unpaired) electrons. The Labute approximate surface area is 183 Å². The molecule has 0 bridgehead atoms. The SMILES string of the molecule is CCCc1nn2c(=O)cc(COc3cccc(NC(=O)c4ccc(C)cc4)c3)nc2s1. The molecule has 0 aliphatic carbocycles.